The Labute approximate surface area is 144 Å². The maximum Gasteiger partial charge on any atom is 0.159 e. The zero-order valence-corrected chi connectivity index (χ0v) is 13.5. The van der Waals surface area contributed by atoms with Crippen molar-refractivity contribution < 1.29 is 4.74 Å². The molecule has 0 fully saturated rings. The van der Waals surface area contributed by atoms with Crippen LogP contribution in [0.15, 0.2) is 66.9 Å². The SMILES string of the molecule is Clc1ccnc2[nH]c(-c3ccc(OCc4ccccc4)cc3)nc12. The Morgan fingerprint density at radius 1 is 0.958 bits per heavy atom. The maximum atomic E-state index is 6.14. The van der Waals surface area contributed by atoms with Crippen molar-refractivity contribution in [1.82, 2.24) is 15.0 Å². The van der Waals surface area contributed by atoms with Gasteiger partial charge in [0.2, 0.25) is 0 Å². The quantitative estimate of drug-likeness (QED) is 0.579. The molecule has 4 aromatic rings. The zero-order chi connectivity index (χ0) is 16.4. The van der Waals surface area contributed by atoms with E-state index < -0.39 is 0 Å². The first-order valence-corrected chi connectivity index (χ1v) is 7.95. The van der Waals surface area contributed by atoms with Crippen molar-refractivity contribution in [3.8, 4) is 17.1 Å². The highest BCUT2D eigenvalue weighted by Gasteiger charge is 2.09. The molecule has 0 aliphatic carbocycles. The van der Waals surface area contributed by atoms with E-state index in [2.05, 4.69) is 15.0 Å². The highest BCUT2D eigenvalue weighted by Crippen LogP contribution is 2.25. The van der Waals surface area contributed by atoms with Crippen molar-refractivity contribution in [3.63, 3.8) is 0 Å². The summed E-state index contributed by atoms with van der Waals surface area (Å²) < 4.78 is 5.80. The van der Waals surface area contributed by atoms with E-state index in [1.54, 1.807) is 12.3 Å². The van der Waals surface area contributed by atoms with Crippen molar-refractivity contribution in [3.05, 3.63) is 77.4 Å². The molecule has 4 nitrogen and oxygen atoms in total. The number of hydrogen-bond donors (Lipinski definition) is 1. The van der Waals surface area contributed by atoms with Crippen molar-refractivity contribution in [2.24, 2.45) is 0 Å². The van der Waals surface area contributed by atoms with Crippen LogP contribution in [0.3, 0.4) is 0 Å². The Morgan fingerprint density at radius 3 is 2.50 bits per heavy atom. The number of aromatic nitrogens is 3. The van der Waals surface area contributed by atoms with E-state index in [-0.39, 0.29) is 0 Å². The van der Waals surface area contributed by atoms with Gasteiger partial charge in [-0.2, -0.15) is 0 Å². The fraction of sp³-hybridized carbons (Fsp3) is 0.0526. The first-order chi connectivity index (χ1) is 11.8. The van der Waals surface area contributed by atoms with Gasteiger partial charge in [-0.3, -0.25) is 0 Å². The molecule has 5 heteroatoms. The lowest BCUT2D eigenvalue weighted by Gasteiger charge is -2.06. The lowest BCUT2D eigenvalue weighted by atomic mass is 10.2. The average molecular weight is 336 g/mol. The van der Waals surface area contributed by atoms with Gasteiger partial charge in [0, 0.05) is 11.8 Å². The number of benzene rings is 2. The first-order valence-electron chi connectivity index (χ1n) is 7.57. The predicted molar refractivity (Wildman–Crippen MR) is 95.1 cm³/mol. The molecular weight excluding hydrogens is 322 g/mol. The van der Waals surface area contributed by atoms with Crippen molar-refractivity contribution in [2.45, 2.75) is 6.61 Å². The van der Waals surface area contributed by atoms with Crippen LogP contribution in [-0.4, -0.2) is 15.0 Å². The highest BCUT2D eigenvalue weighted by molar-refractivity contribution is 6.34. The Balaban J connectivity index is 1.53. The van der Waals surface area contributed by atoms with E-state index in [1.165, 1.54) is 0 Å². The molecule has 2 aromatic carbocycles. The standard InChI is InChI=1S/C19H14ClN3O/c20-16-10-11-21-19-17(16)22-18(23-19)14-6-8-15(9-7-14)24-12-13-4-2-1-3-5-13/h1-11H,12H2,(H,21,22,23). The normalized spacial score (nSPS) is 10.9. The van der Waals surface area contributed by atoms with Crippen LogP contribution >= 0.6 is 11.6 Å². The van der Waals surface area contributed by atoms with Gasteiger partial charge in [-0.25, -0.2) is 9.97 Å². The third-order valence-corrected chi connectivity index (χ3v) is 4.02. The van der Waals surface area contributed by atoms with Gasteiger partial charge in [0.05, 0.1) is 5.02 Å². The number of aromatic amines is 1. The van der Waals surface area contributed by atoms with Crippen LogP contribution in [0.4, 0.5) is 0 Å². The van der Waals surface area contributed by atoms with E-state index in [0.717, 1.165) is 22.7 Å². The topological polar surface area (TPSA) is 50.8 Å². The van der Waals surface area contributed by atoms with Crippen molar-refractivity contribution in [2.75, 3.05) is 0 Å². The monoisotopic (exact) mass is 335 g/mol. The smallest absolute Gasteiger partial charge is 0.159 e. The van der Waals surface area contributed by atoms with Gasteiger partial charge in [0.1, 0.15) is 23.7 Å². The predicted octanol–water partition coefficient (Wildman–Crippen LogP) is 4.86. The minimum atomic E-state index is 0.546. The molecular formula is C19H14ClN3O. The van der Waals surface area contributed by atoms with Crippen molar-refractivity contribution in [1.29, 1.82) is 0 Å². The lowest BCUT2D eigenvalue weighted by Crippen LogP contribution is -1.94. The van der Waals surface area contributed by atoms with E-state index in [0.29, 0.717) is 22.8 Å². The van der Waals surface area contributed by atoms with Crippen molar-refractivity contribution >= 4 is 22.8 Å². The van der Waals surface area contributed by atoms with Gasteiger partial charge in [0.25, 0.3) is 0 Å². The maximum absolute atomic E-state index is 6.14. The van der Waals surface area contributed by atoms with Crippen LogP contribution in [0.25, 0.3) is 22.6 Å². The number of nitrogens with zero attached hydrogens (tertiary/aromatic N) is 2. The average Bonchev–Trinajstić information content (AvgIpc) is 3.07. The molecule has 0 saturated carbocycles. The summed E-state index contributed by atoms with van der Waals surface area (Å²) in [4.78, 5) is 11.9. The van der Waals surface area contributed by atoms with Gasteiger partial charge in [0.15, 0.2) is 5.65 Å². The Morgan fingerprint density at radius 2 is 1.75 bits per heavy atom. The number of halogens is 1. The molecule has 0 atom stereocenters. The Kier molecular flexibility index (Phi) is 3.89. The molecule has 24 heavy (non-hydrogen) atoms. The zero-order valence-electron chi connectivity index (χ0n) is 12.7. The number of hydrogen-bond acceptors (Lipinski definition) is 3. The Hall–Kier alpha value is -2.85. The molecule has 0 saturated heterocycles. The largest absolute Gasteiger partial charge is 0.489 e. The van der Waals surface area contributed by atoms with Crippen LogP contribution in [0, 0.1) is 0 Å². The van der Waals surface area contributed by atoms with Gasteiger partial charge in [-0.05, 0) is 35.9 Å². The molecule has 0 aliphatic rings. The molecule has 2 heterocycles. The van der Waals surface area contributed by atoms with Gasteiger partial charge >= 0.3 is 0 Å². The summed E-state index contributed by atoms with van der Waals surface area (Å²) in [6, 6.07) is 19.6. The number of nitrogens with one attached hydrogen (secondary N) is 1. The fourth-order valence-corrected chi connectivity index (χ4v) is 2.65. The Bertz CT molecular complexity index is 965. The molecule has 0 amide bonds. The molecule has 4 rings (SSSR count). The summed E-state index contributed by atoms with van der Waals surface area (Å²) in [5.41, 5.74) is 3.45. The summed E-state index contributed by atoms with van der Waals surface area (Å²) in [5, 5.41) is 0.588. The molecule has 0 radical (unpaired) electrons. The van der Waals surface area contributed by atoms with Crippen LogP contribution in [0.1, 0.15) is 5.56 Å². The molecule has 1 N–H and O–H groups in total. The van der Waals surface area contributed by atoms with Gasteiger partial charge in [-0.1, -0.05) is 41.9 Å². The second kappa shape index (κ2) is 6.34. The highest BCUT2D eigenvalue weighted by atomic mass is 35.5. The minimum Gasteiger partial charge on any atom is -0.489 e. The summed E-state index contributed by atoms with van der Waals surface area (Å²) in [5.74, 6) is 1.55. The van der Waals surface area contributed by atoms with Gasteiger partial charge < -0.3 is 9.72 Å². The molecule has 0 aliphatic heterocycles. The number of imidazole rings is 1. The molecule has 118 valence electrons. The van der Waals surface area contributed by atoms with E-state index in [4.69, 9.17) is 16.3 Å². The van der Waals surface area contributed by atoms with Crippen LogP contribution in [0.2, 0.25) is 5.02 Å². The molecule has 2 aromatic heterocycles. The van der Waals surface area contributed by atoms with Crippen LogP contribution in [-0.2, 0) is 6.61 Å². The number of fused-ring (bicyclic) bond motifs is 1. The molecule has 0 unspecified atom stereocenters. The summed E-state index contributed by atoms with van der Waals surface area (Å²) in [7, 11) is 0. The second-order valence-corrected chi connectivity index (χ2v) is 5.78. The number of ether oxygens (including phenoxy) is 1. The second-order valence-electron chi connectivity index (χ2n) is 5.37. The lowest BCUT2D eigenvalue weighted by molar-refractivity contribution is 0.306. The molecule has 0 spiro atoms. The summed E-state index contributed by atoms with van der Waals surface area (Å²) in [6.07, 6.45) is 1.66. The van der Waals surface area contributed by atoms with Gasteiger partial charge in [-0.15, -0.1) is 0 Å². The number of H-pyrrole nitrogens is 1. The summed E-state index contributed by atoms with van der Waals surface area (Å²) in [6.45, 7) is 0.546. The number of pyridine rings is 1. The van der Waals surface area contributed by atoms with Crippen LogP contribution < -0.4 is 4.74 Å². The van der Waals surface area contributed by atoms with Crippen LogP contribution in [0.5, 0.6) is 5.75 Å². The number of rotatable bonds is 4. The van der Waals surface area contributed by atoms with E-state index in [1.807, 2.05) is 54.6 Å². The summed E-state index contributed by atoms with van der Waals surface area (Å²) >= 11 is 6.14. The fourth-order valence-electron chi connectivity index (χ4n) is 2.47. The molecule has 0 bridgehead atoms. The first kappa shape index (κ1) is 14.7. The minimum absolute atomic E-state index is 0.546. The van der Waals surface area contributed by atoms with E-state index in [9.17, 15) is 0 Å². The van der Waals surface area contributed by atoms with E-state index >= 15 is 0 Å². The third-order valence-electron chi connectivity index (χ3n) is 3.71. The third kappa shape index (κ3) is 2.96.